The largest absolute Gasteiger partial charge is 0.412 e. The lowest BCUT2D eigenvalue weighted by Gasteiger charge is -2.33. The maximum absolute atomic E-state index is 13.4. The van der Waals surface area contributed by atoms with Crippen LogP contribution < -0.4 is 0 Å². The van der Waals surface area contributed by atoms with Crippen LogP contribution in [0.1, 0.15) is 73.6 Å². The van der Waals surface area contributed by atoms with Gasteiger partial charge in [0.1, 0.15) is 0 Å². The molecule has 0 saturated carbocycles. The predicted molar refractivity (Wildman–Crippen MR) is 109 cm³/mol. The summed E-state index contributed by atoms with van der Waals surface area (Å²) in [6.07, 6.45) is -1.31. The Kier molecular flexibility index (Phi) is 12.9. The first kappa shape index (κ1) is 29.1. The van der Waals surface area contributed by atoms with E-state index in [-0.39, 0.29) is 26.2 Å². The summed E-state index contributed by atoms with van der Waals surface area (Å²) in [5.74, 6) is 0. The van der Waals surface area contributed by atoms with Gasteiger partial charge in [0.15, 0.2) is 6.61 Å². The number of halogens is 3. The van der Waals surface area contributed by atoms with Crippen molar-refractivity contribution in [3.63, 3.8) is 0 Å². The van der Waals surface area contributed by atoms with E-state index in [2.05, 4.69) is 4.52 Å². The van der Waals surface area contributed by atoms with Gasteiger partial charge in [0.2, 0.25) is 0 Å². The summed E-state index contributed by atoms with van der Waals surface area (Å²) in [7, 11) is -7.49. The molecular formula is C18H37F3O6P2. The summed E-state index contributed by atoms with van der Waals surface area (Å²) in [6.45, 7) is 8.99. The molecule has 0 aliphatic heterocycles. The zero-order valence-corrected chi connectivity index (χ0v) is 20.2. The molecule has 0 N–H and O–H groups in total. The molecule has 0 spiro atoms. The fourth-order valence-electron chi connectivity index (χ4n) is 2.10. The minimum absolute atomic E-state index is 0.120. The Morgan fingerprint density at radius 1 is 0.828 bits per heavy atom. The van der Waals surface area contributed by atoms with Crippen LogP contribution in [0.15, 0.2) is 0 Å². The zero-order valence-electron chi connectivity index (χ0n) is 18.4. The Bertz CT molecular complexity index is 538. The van der Waals surface area contributed by atoms with E-state index >= 15 is 0 Å². The summed E-state index contributed by atoms with van der Waals surface area (Å²) >= 11 is 0. The molecule has 0 bridgehead atoms. The maximum atomic E-state index is 13.4. The molecule has 0 amide bonds. The summed E-state index contributed by atoms with van der Waals surface area (Å²) in [5, 5.41) is -0.972. The van der Waals surface area contributed by atoms with E-state index in [9.17, 15) is 22.3 Å². The van der Waals surface area contributed by atoms with E-state index in [0.29, 0.717) is 0 Å². The van der Waals surface area contributed by atoms with Crippen molar-refractivity contribution in [1.82, 2.24) is 0 Å². The molecule has 0 radical (unpaired) electrons. The average Bonchev–Trinajstić information content (AvgIpc) is 2.59. The predicted octanol–water partition coefficient (Wildman–Crippen LogP) is 7.18. The van der Waals surface area contributed by atoms with Crippen LogP contribution in [0.25, 0.3) is 0 Å². The Morgan fingerprint density at radius 2 is 1.31 bits per heavy atom. The molecule has 0 fully saturated rings. The summed E-state index contributed by atoms with van der Waals surface area (Å²) < 4.78 is 84.5. The van der Waals surface area contributed by atoms with Gasteiger partial charge in [0.25, 0.3) is 0 Å². The Labute approximate surface area is 173 Å². The molecule has 11 heteroatoms. The summed E-state index contributed by atoms with van der Waals surface area (Å²) in [4.78, 5) is 0. The summed E-state index contributed by atoms with van der Waals surface area (Å²) in [6, 6.07) is 0. The second-order valence-corrected chi connectivity index (χ2v) is 13.1. The van der Waals surface area contributed by atoms with Crippen LogP contribution in [0.5, 0.6) is 0 Å². The van der Waals surface area contributed by atoms with Crippen molar-refractivity contribution in [2.75, 3.05) is 26.4 Å². The van der Waals surface area contributed by atoms with Crippen molar-refractivity contribution in [3.8, 4) is 0 Å². The monoisotopic (exact) mass is 468 g/mol. The van der Waals surface area contributed by atoms with E-state index < -0.39 is 38.8 Å². The van der Waals surface area contributed by atoms with Gasteiger partial charge in [-0.1, -0.05) is 40.5 Å². The molecule has 0 heterocycles. The highest BCUT2D eigenvalue weighted by Crippen LogP contribution is 2.62. The first-order valence-electron chi connectivity index (χ1n) is 10.1. The van der Waals surface area contributed by atoms with Gasteiger partial charge in [-0.2, -0.15) is 13.2 Å². The van der Waals surface area contributed by atoms with Gasteiger partial charge in [-0.3, -0.25) is 13.7 Å². The van der Waals surface area contributed by atoms with Gasteiger partial charge in [-0.15, -0.1) is 0 Å². The second kappa shape index (κ2) is 12.8. The maximum Gasteiger partial charge on any atom is 0.412 e. The first-order valence-corrected chi connectivity index (χ1v) is 13.2. The van der Waals surface area contributed by atoms with Crippen LogP contribution >= 0.6 is 15.2 Å². The number of rotatable bonds is 16. The molecule has 6 nitrogen and oxygen atoms in total. The Morgan fingerprint density at radius 3 is 1.69 bits per heavy atom. The van der Waals surface area contributed by atoms with Crippen LogP contribution in [0.2, 0.25) is 0 Å². The van der Waals surface area contributed by atoms with Crippen molar-refractivity contribution >= 4 is 15.2 Å². The molecule has 29 heavy (non-hydrogen) atoms. The molecular weight excluding hydrogens is 431 g/mol. The average molecular weight is 468 g/mol. The summed E-state index contributed by atoms with van der Waals surface area (Å²) in [5.41, 5.74) is -0.749. The van der Waals surface area contributed by atoms with E-state index in [1.807, 2.05) is 13.8 Å². The van der Waals surface area contributed by atoms with Crippen molar-refractivity contribution < 1.29 is 40.4 Å². The highest BCUT2D eigenvalue weighted by atomic mass is 31.2. The fraction of sp³-hybridized carbons (Fsp3) is 1.00. The molecule has 0 aromatic rings. The Hall–Kier alpha value is 0.0900. The standard InChI is InChI=1S/C18H37F3O6P2/c1-7-9-12-25-29(23,26-13-10-8-2)17(5,6)11-14-24-28(22,16(3)4)27-15-18(19,20)21/h16H,7-15H2,1-6H3. The molecule has 1 unspecified atom stereocenters. The van der Waals surface area contributed by atoms with Crippen LogP contribution in [0, 0.1) is 0 Å². The highest BCUT2D eigenvalue weighted by Gasteiger charge is 2.44. The molecule has 0 aromatic carbocycles. The molecule has 0 aromatic heterocycles. The lowest BCUT2D eigenvalue weighted by Crippen LogP contribution is -2.26. The lowest BCUT2D eigenvalue weighted by atomic mass is 10.1. The van der Waals surface area contributed by atoms with Crippen LogP contribution in [0.4, 0.5) is 13.2 Å². The smallest absolute Gasteiger partial charge is 0.308 e. The van der Waals surface area contributed by atoms with Crippen LogP contribution in [-0.4, -0.2) is 43.4 Å². The first-order chi connectivity index (χ1) is 13.2. The quantitative estimate of drug-likeness (QED) is 0.177. The minimum atomic E-state index is -4.61. The third kappa shape index (κ3) is 10.8. The minimum Gasteiger partial charge on any atom is -0.308 e. The normalized spacial score (nSPS) is 15.7. The molecule has 0 aliphatic carbocycles. The van der Waals surface area contributed by atoms with Gasteiger partial charge in [0.05, 0.1) is 30.6 Å². The molecule has 0 rings (SSSR count). The van der Waals surface area contributed by atoms with Gasteiger partial charge in [0, 0.05) is 0 Å². The third-order valence-electron chi connectivity index (χ3n) is 4.29. The molecule has 0 saturated heterocycles. The van der Waals surface area contributed by atoms with Crippen molar-refractivity contribution in [2.45, 2.75) is 90.6 Å². The number of hydrogen-bond acceptors (Lipinski definition) is 6. The Balaban J connectivity index is 5.09. The van der Waals surface area contributed by atoms with Crippen molar-refractivity contribution in [3.05, 3.63) is 0 Å². The van der Waals surface area contributed by atoms with Gasteiger partial charge < -0.3 is 13.6 Å². The fourth-order valence-corrected chi connectivity index (χ4v) is 5.32. The van der Waals surface area contributed by atoms with Crippen molar-refractivity contribution in [1.29, 1.82) is 0 Å². The van der Waals surface area contributed by atoms with Gasteiger partial charge >= 0.3 is 21.4 Å². The van der Waals surface area contributed by atoms with Gasteiger partial charge in [-0.05, 0) is 33.1 Å². The molecule has 176 valence electrons. The molecule has 0 aliphatic rings. The second-order valence-electron chi connectivity index (χ2n) is 7.79. The lowest BCUT2D eigenvalue weighted by molar-refractivity contribution is -0.155. The zero-order chi connectivity index (χ0) is 22.8. The van der Waals surface area contributed by atoms with Crippen molar-refractivity contribution in [2.24, 2.45) is 0 Å². The topological polar surface area (TPSA) is 71.1 Å². The number of hydrogen-bond donors (Lipinski definition) is 0. The SMILES string of the molecule is CCCCOP(=O)(OCCCC)C(C)(C)CCOP(=O)(OCC(F)(F)F)C(C)C. The number of unbranched alkanes of at least 4 members (excludes halogenated alkanes) is 2. The highest BCUT2D eigenvalue weighted by molar-refractivity contribution is 7.55. The third-order valence-corrected chi connectivity index (χ3v) is 9.33. The van der Waals surface area contributed by atoms with Gasteiger partial charge in [-0.25, -0.2) is 0 Å². The van der Waals surface area contributed by atoms with E-state index in [1.54, 1.807) is 13.8 Å². The van der Waals surface area contributed by atoms with E-state index in [4.69, 9.17) is 13.6 Å². The van der Waals surface area contributed by atoms with E-state index in [0.717, 1.165) is 25.7 Å². The van der Waals surface area contributed by atoms with Crippen LogP contribution in [-0.2, 0) is 27.2 Å². The van der Waals surface area contributed by atoms with Crippen LogP contribution in [0.3, 0.4) is 0 Å². The van der Waals surface area contributed by atoms with E-state index in [1.165, 1.54) is 13.8 Å². The molecule has 1 atom stereocenters. The number of alkyl halides is 3.